The molecule has 0 spiro atoms. The molecule has 1 unspecified atom stereocenters. The van der Waals surface area contributed by atoms with E-state index >= 15 is 0 Å². The molecule has 1 saturated heterocycles. The van der Waals surface area contributed by atoms with E-state index in [1.165, 1.54) is 0 Å². The van der Waals surface area contributed by atoms with Gasteiger partial charge in [-0.3, -0.25) is 4.79 Å². The summed E-state index contributed by atoms with van der Waals surface area (Å²) in [5.41, 5.74) is 5.61. The van der Waals surface area contributed by atoms with Crippen LogP contribution in [0.2, 0.25) is 0 Å². The van der Waals surface area contributed by atoms with Crippen LogP contribution in [0.25, 0.3) is 0 Å². The van der Waals surface area contributed by atoms with Crippen LogP contribution >= 0.6 is 12.6 Å². The Morgan fingerprint density at radius 3 is 2.85 bits per heavy atom. The first kappa shape index (κ1) is 10.9. The zero-order valence-corrected chi connectivity index (χ0v) is 8.80. The van der Waals surface area contributed by atoms with Gasteiger partial charge in [-0.05, 0) is 31.7 Å². The van der Waals surface area contributed by atoms with Gasteiger partial charge in [0.2, 0.25) is 5.91 Å². The van der Waals surface area contributed by atoms with Gasteiger partial charge in [0.25, 0.3) is 0 Å². The van der Waals surface area contributed by atoms with Gasteiger partial charge in [0, 0.05) is 13.1 Å². The first-order valence-corrected chi connectivity index (χ1v) is 5.50. The summed E-state index contributed by atoms with van der Waals surface area (Å²) in [5.74, 6) is 1.09. The van der Waals surface area contributed by atoms with Gasteiger partial charge in [0.05, 0.1) is 5.75 Å². The van der Waals surface area contributed by atoms with Crippen molar-refractivity contribution >= 4 is 18.5 Å². The van der Waals surface area contributed by atoms with Gasteiger partial charge in [-0.25, -0.2) is 0 Å². The molecule has 0 aromatic heterocycles. The summed E-state index contributed by atoms with van der Waals surface area (Å²) < 4.78 is 0. The molecule has 13 heavy (non-hydrogen) atoms. The van der Waals surface area contributed by atoms with Crippen molar-refractivity contribution in [1.82, 2.24) is 4.90 Å². The highest BCUT2D eigenvalue weighted by atomic mass is 32.1. The van der Waals surface area contributed by atoms with Crippen molar-refractivity contribution in [2.75, 3.05) is 25.4 Å². The van der Waals surface area contributed by atoms with Crippen LogP contribution in [0.3, 0.4) is 0 Å². The molecule has 1 aliphatic heterocycles. The van der Waals surface area contributed by atoms with Gasteiger partial charge in [0.1, 0.15) is 0 Å². The summed E-state index contributed by atoms with van der Waals surface area (Å²) >= 11 is 3.99. The number of hydrogen-bond acceptors (Lipinski definition) is 3. The fourth-order valence-corrected chi connectivity index (χ4v) is 1.95. The highest BCUT2D eigenvalue weighted by Crippen LogP contribution is 2.16. The molecule has 1 aliphatic rings. The number of amides is 1. The maximum absolute atomic E-state index is 11.3. The zero-order valence-electron chi connectivity index (χ0n) is 7.91. The molecule has 0 bridgehead atoms. The van der Waals surface area contributed by atoms with E-state index in [9.17, 15) is 4.79 Å². The summed E-state index contributed by atoms with van der Waals surface area (Å²) in [6.45, 7) is 2.50. The molecule has 1 atom stereocenters. The second-order valence-electron chi connectivity index (χ2n) is 3.57. The van der Waals surface area contributed by atoms with Crippen molar-refractivity contribution < 1.29 is 4.79 Å². The van der Waals surface area contributed by atoms with Crippen molar-refractivity contribution in [2.45, 2.75) is 19.3 Å². The van der Waals surface area contributed by atoms with Crippen molar-refractivity contribution in [1.29, 1.82) is 0 Å². The Balaban J connectivity index is 2.40. The number of hydrogen-bond donors (Lipinski definition) is 2. The Morgan fingerprint density at radius 2 is 2.23 bits per heavy atom. The Hall–Kier alpha value is -0.220. The maximum Gasteiger partial charge on any atom is 0.232 e. The average Bonchev–Trinajstić information content (AvgIpc) is 2.41. The Morgan fingerprint density at radius 1 is 1.46 bits per heavy atom. The number of likely N-dealkylation sites (tertiary alicyclic amines) is 1. The predicted octanol–water partition coefficient (Wildman–Crippen LogP) is 0.504. The lowest BCUT2D eigenvalue weighted by Gasteiger charge is -2.19. The molecule has 0 saturated carbocycles. The molecule has 1 heterocycles. The highest BCUT2D eigenvalue weighted by molar-refractivity contribution is 7.81. The van der Waals surface area contributed by atoms with Crippen molar-refractivity contribution in [3.8, 4) is 0 Å². The predicted molar refractivity (Wildman–Crippen MR) is 56.8 cm³/mol. The molecule has 0 radical (unpaired) electrons. The quantitative estimate of drug-likeness (QED) is 0.641. The largest absolute Gasteiger partial charge is 0.342 e. The van der Waals surface area contributed by atoms with Gasteiger partial charge >= 0.3 is 0 Å². The SMILES string of the molecule is NCC1CCCN(C(=O)CS)CC1. The van der Waals surface area contributed by atoms with E-state index in [1.54, 1.807) is 0 Å². The molecule has 0 aliphatic carbocycles. The smallest absolute Gasteiger partial charge is 0.232 e. The number of nitrogens with two attached hydrogens (primary N) is 1. The molecule has 76 valence electrons. The van der Waals surface area contributed by atoms with Gasteiger partial charge < -0.3 is 10.6 Å². The van der Waals surface area contributed by atoms with Gasteiger partial charge in [-0.15, -0.1) is 0 Å². The molecule has 4 heteroatoms. The third-order valence-corrected chi connectivity index (χ3v) is 2.94. The minimum atomic E-state index is 0.154. The number of carbonyl (C=O) groups excluding carboxylic acids is 1. The number of rotatable bonds is 2. The normalized spacial score (nSPS) is 24.2. The van der Waals surface area contributed by atoms with Crippen LogP contribution in [0.5, 0.6) is 0 Å². The third kappa shape index (κ3) is 3.19. The Labute approximate surface area is 85.1 Å². The molecule has 0 aromatic carbocycles. The first-order chi connectivity index (χ1) is 6.27. The molecular weight excluding hydrogens is 184 g/mol. The summed E-state index contributed by atoms with van der Waals surface area (Å²) in [6.07, 6.45) is 3.30. The molecule has 1 rings (SSSR count). The van der Waals surface area contributed by atoms with Crippen LogP contribution in [-0.2, 0) is 4.79 Å². The topological polar surface area (TPSA) is 46.3 Å². The van der Waals surface area contributed by atoms with Crippen LogP contribution in [-0.4, -0.2) is 36.2 Å². The summed E-state index contributed by atoms with van der Waals surface area (Å²) in [4.78, 5) is 13.2. The summed E-state index contributed by atoms with van der Waals surface area (Å²) in [6, 6.07) is 0. The minimum Gasteiger partial charge on any atom is -0.342 e. The van der Waals surface area contributed by atoms with Crippen LogP contribution < -0.4 is 5.73 Å². The second kappa shape index (κ2) is 5.50. The number of carbonyl (C=O) groups is 1. The standard InChI is InChI=1S/C9H18N2OS/c10-6-8-2-1-4-11(5-3-8)9(12)7-13/h8,13H,1-7,10H2. The van der Waals surface area contributed by atoms with E-state index < -0.39 is 0 Å². The highest BCUT2D eigenvalue weighted by Gasteiger charge is 2.18. The van der Waals surface area contributed by atoms with E-state index in [-0.39, 0.29) is 5.91 Å². The minimum absolute atomic E-state index is 0.154. The van der Waals surface area contributed by atoms with E-state index in [1.807, 2.05) is 4.90 Å². The van der Waals surface area contributed by atoms with E-state index in [2.05, 4.69) is 12.6 Å². The van der Waals surface area contributed by atoms with E-state index in [4.69, 9.17) is 5.73 Å². The van der Waals surface area contributed by atoms with Crippen molar-refractivity contribution in [3.63, 3.8) is 0 Å². The van der Waals surface area contributed by atoms with Gasteiger partial charge in [-0.1, -0.05) is 0 Å². The lowest BCUT2D eigenvalue weighted by molar-refractivity contribution is -0.128. The van der Waals surface area contributed by atoms with Gasteiger partial charge in [-0.2, -0.15) is 12.6 Å². The maximum atomic E-state index is 11.3. The van der Waals surface area contributed by atoms with Crippen molar-refractivity contribution in [2.24, 2.45) is 11.7 Å². The zero-order chi connectivity index (χ0) is 9.68. The second-order valence-corrected chi connectivity index (χ2v) is 3.89. The average molecular weight is 202 g/mol. The molecule has 1 amide bonds. The molecule has 0 aromatic rings. The van der Waals surface area contributed by atoms with Crippen LogP contribution in [0.15, 0.2) is 0 Å². The molecular formula is C9H18N2OS. The third-order valence-electron chi connectivity index (χ3n) is 2.67. The molecule has 2 N–H and O–H groups in total. The molecule has 1 fully saturated rings. The van der Waals surface area contributed by atoms with Crippen LogP contribution in [0.4, 0.5) is 0 Å². The summed E-state index contributed by atoms with van der Waals surface area (Å²) in [5, 5.41) is 0. The lowest BCUT2D eigenvalue weighted by atomic mass is 10.0. The van der Waals surface area contributed by atoms with Crippen LogP contribution in [0.1, 0.15) is 19.3 Å². The van der Waals surface area contributed by atoms with E-state index in [0.717, 1.165) is 38.9 Å². The van der Waals surface area contributed by atoms with Crippen LogP contribution in [0, 0.1) is 5.92 Å². The number of nitrogens with zero attached hydrogens (tertiary/aromatic N) is 1. The lowest BCUT2D eigenvalue weighted by Crippen LogP contribution is -2.33. The molecule has 3 nitrogen and oxygen atoms in total. The summed E-state index contributed by atoms with van der Waals surface area (Å²) in [7, 11) is 0. The van der Waals surface area contributed by atoms with E-state index in [0.29, 0.717) is 11.7 Å². The Bertz CT molecular complexity index is 175. The Kier molecular flexibility index (Phi) is 4.59. The fraction of sp³-hybridized carbons (Fsp3) is 0.889. The fourth-order valence-electron chi connectivity index (χ4n) is 1.75. The first-order valence-electron chi connectivity index (χ1n) is 4.86. The number of thiol groups is 1. The van der Waals surface area contributed by atoms with Gasteiger partial charge in [0.15, 0.2) is 0 Å². The monoisotopic (exact) mass is 202 g/mol. The van der Waals surface area contributed by atoms with Crippen molar-refractivity contribution in [3.05, 3.63) is 0 Å².